The molecule has 0 bridgehead atoms. The van der Waals surface area contributed by atoms with E-state index in [1.54, 1.807) is 23.8 Å². The molecule has 0 aliphatic heterocycles. The minimum Gasteiger partial charge on any atom is -0.480 e. The molecule has 0 atom stereocenters. The monoisotopic (exact) mass is 300 g/mol. The van der Waals surface area contributed by atoms with Crippen molar-refractivity contribution in [2.75, 3.05) is 6.54 Å². The van der Waals surface area contributed by atoms with Crippen LogP contribution in [0.1, 0.15) is 32.4 Å². The molecule has 0 spiro atoms. The van der Waals surface area contributed by atoms with E-state index in [2.05, 4.69) is 0 Å². The van der Waals surface area contributed by atoms with Crippen LogP contribution >= 0.6 is 11.3 Å². The topological polar surface area (TPSA) is 79.6 Å². The summed E-state index contributed by atoms with van der Waals surface area (Å²) >= 11 is 1.14. The summed E-state index contributed by atoms with van der Waals surface area (Å²) in [6.07, 6.45) is 0.770. The SMILES string of the molecule is Cc1csc(=O)n1CCCC(=O)N(CC(=O)O)C(C)C. The highest BCUT2D eigenvalue weighted by Gasteiger charge is 2.19. The first-order valence-corrected chi connectivity index (χ1v) is 7.37. The lowest BCUT2D eigenvalue weighted by molar-refractivity contribution is -0.145. The fourth-order valence-electron chi connectivity index (χ4n) is 1.91. The molecule has 0 aromatic carbocycles. The number of hydrogen-bond acceptors (Lipinski definition) is 4. The molecule has 7 heteroatoms. The van der Waals surface area contributed by atoms with Gasteiger partial charge < -0.3 is 14.6 Å². The van der Waals surface area contributed by atoms with Crippen LogP contribution in [-0.4, -0.2) is 39.0 Å². The number of carbonyl (C=O) groups is 2. The summed E-state index contributed by atoms with van der Waals surface area (Å²) in [6, 6.07) is -0.149. The lowest BCUT2D eigenvalue weighted by Crippen LogP contribution is -2.40. The predicted octanol–water partition coefficient (Wildman–Crippen LogP) is 1.32. The maximum absolute atomic E-state index is 12.0. The maximum atomic E-state index is 12.0. The Labute approximate surface area is 121 Å². The molecule has 1 aromatic heterocycles. The Kier molecular flexibility index (Phi) is 5.94. The van der Waals surface area contributed by atoms with E-state index in [1.165, 1.54) is 4.90 Å². The molecule has 1 rings (SSSR count). The maximum Gasteiger partial charge on any atom is 0.323 e. The minimum absolute atomic E-state index is 0.0267. The number of amides is 1. The van der Waals surface area contributed by atoms with E-state index in [0.29, 0.717) is 13.0 Å². The van der Waals surface area contributed by atoms with Gasteiger partial charge in [-0.2, -0.15) is 0 Å². The largest absolute Gasteiger partial charge is 0.480 e. The molecule has 1 N–H and O–H groups in total. The molecular weight excluding hydrogens is 280 g/mol. The van der Waals surface area contributed by atoms with Crippen molar-refractivity contribution >= 4 is 23.2 Å². The molecular formula is C13H20N2O4S. The van der Waals surface area contributed by atoms with Gasteiger partial charge in [-0.25, -0.2) is 0 Å². The number of carboxylic acids is 1. The Balaban J connectivity index is 2.53. The van der Waals surface area contributed by atoms with Crippen LogP contribution in [0.3, 0.4) is 0 Å². The van der Waals surface area contributed by atoms with E-state index < -0.39 is 5.97 Å². The number of aryl methyl sites for hydroxylation is 1. The van der Waals surface area contributed by atoms with E-state index in [4.69, 9.17) is 5.11 Å². The Hall–Kier alpha value is -1.63. The second-order valence-electron chi connectivity index (χ2n) is 4.91. The molecule has 0 radical (unpaired) electrons. The van der Waals surface area contributed by atoms with Gasteiger partial charge in [0.05, 0.1) is 0 Å². The molecule has 112 valence electrons. The van der Waals surface area contributed by atoms with Gasteiger partial charge in [0.25, 0.3) is 0 Å². The number of hydrogen-bond donors (Lipinski definition) is 1. The van der Waals surface area contributed by atoms with Gasteiger partial charge in [0, 0.05) is 30.1 Å². The Morgan fingerprint density at radius 3 is 2.55 bits per heavy atom. The fraction of sp³-hybridized carbons (Fsp3) is 0.615. The van der Waals surface area contributed by atoms with Crippen molar-refractivity contribution in [3.05, 3.63) is 20.7 Å². The van der Waals surface area contributed by atoms with E-state index in [-0.39, 0.29) is 29.8 Å². The van der Waals surface area contributed by atoms with Gasteiger partial charge >= 0.3 is 10.8 Å². The number of thiazole rings is 1. The van der Waals surface area contributed by atoms with Gasteiger partial charge in [-0.1, -0.05) is 11.3 Å². The zero-order valence-corrected chi connectivity index (χ0v) is 12.8. The van der Waals surface area contributed by atoms with Crippen molar-refractivity contribution in [1.82, 2.24) is 9.47 Å². The Morgan fingerprint density at radius 1 is 1.45 bits per heavy atom. The number of rotatable bonds is 7. The van der Waals surface area contributed by atoms with Gasteiger partial charge in [-0.3, -0.25) is 14.4 Å². The first kappa shape index (κ1) is 16.4. The third-order valence-corrected chi connectivity index (χ3v) is 3.88. The summed E-state index contributed by atoms with van der Waals surface area (Å²) in [5, 5.41) is 10.6. The van der Waals surface area contributed by atoms with Crippen LogP contribution in [-0.2, 0) is 16.1 Å². The lowest BCUT2D eigenvalue weighted by Gasteiger charge is -2.24. The summed E-state index contributed by atoms with van der Waals surface area (Å²) in [7, 11) is 0. The normalized spacial score (nSPS) is 10.8. The van der Waals surface area contributed by atoms with Crippen LogP contribution in [0.5, 0.6) is 0 Å². The molecule has 0 aliphatic rings. The van der Waals surface area contributed by atoms with Crippen LogP contribution in [0.15, 0.2) is 10.2 Å². The summed E-state index contributed by atoms with van der Waals surface area (Å²) in [4.78, 5) is 35.6. The third-order valence-electron chi connectivity index (χ3n) is 3.00. The highest BCUT2D eigenvalue weighted by atomic mass is 32.1. The van der Waals surface area contributed by atoms with Crippen LogP contribution in [0.4, 0.5) is 0 Å². The standard InChI is InChI=1S/C13H20N2O4S/c1-9(2)15(7-12(17)18)11(16)5-4-6-14-10(3)8-20-13(14)19/h8-9H,4-7H2,1-3H3,(H,17,18). The van der Waals surface area contributed by atoms with Crippen LogP contribution in [0.25, 0.3) is 0 Å². The second-order valence-corrected chi connectivity index (χ2v) is 5.73. The van der Waals surface area contributed by atoms with E-state index in [9.17, 15) is 14.4 Å². The number of carboxylic acid groups (broad SMARTS) is 1. The summed E-state index contributed by atoms with van der Waals surface area (Å²) < 4.78 is 1.63. The van der Waals surface area contributed by atoms with Crippen molar-refractivity contribution in [1.29, 1.82) is 0 Å². The van der Waals surface area contributed by atoms with Gasteiger partial charge in [0.15, 0.2) is 0 Å². The first-order valence-electron chi connectivity index (χ1n) is 6.49. The van der Waals surface area contributed by atoms with Gasteiger partial charge in [0.2, 0.25) is 5.91 Å². The molecule has 6 nitrogen and oxygen atoms in total. The molecule has 1 heterocycles. The highest BCUT2D eigenvalue weighted by molar-refractivity contribution is 7.07. The zero-order valence-electron chi connectivity index (χ0n) is 12.0. The Bertz CT molecular complexity index is 533. The lowest BCUT2D eigenvalue weighted by atomic mass is 10.2. The van der Waals surface area contributed by atoms with Gasteiger partial charge in [0.1, 0.15) is 6.54 Å². The van der Waals surface area contributed by atoms with Gasteiger partial charge in [-0.15, -0.1) is 0 Å². The van der Waals surface area contributed by atoms with Crippen LogP contribution < -0.4 is 4.87 Å². The minimum atomic E-state index is -1.02. The predicted molar refractivity (Wildman–Crippen MR) is 77.0 cm³/mol. The Morgan fingerprint density at radius 2 is 2.10 bits per heavy atom. The zero-order chi connectivity index (χ0) is 15.3. The van der Waals surface area contributed by atoms with Crippen molar-refractivity contribution < 1.29 is 14.7 Å². The quantitative estimate of drug-likeness (QED) is 0.823. The molecule has 0 unspecified atom stereocenters. The van der Waals surface area contributed by atoms with Crippen molar-refractivity contribution in [2.24, 2.45) is 0 Å². The van der Waals surface area contributed by atoms with E-state index in [1.807, 2.05) is 6.92 Å². The number of aliphatic carboxylic acids is 1. The van der Waals surface area contributed by atoms with Crippen molar-refractivity contribution in [3.63, 3.8) is 0 Å². The molecule has 0 saturated heterocycles. The van der Waals surface area contributed by atoms with E-state index >= 15 is 0 Å². The number of nitrogens with zero attached hydrogens (tertiary/aromatic N) is 2. The van der Waals surface area contributed by atoms with Crippen LogP contribution in [0, 0.1) is 6.92 Å². The van der Waals surface area contributed by atoms with Crippen molar-refractivity contribution in [3.8, 4) is 0 Å². The van der Waals surface area contributed by atoms with E-state index in [0.717, 1.165) is 17.0 Å². The average Bonchev–Trinajstić information content (AvgIpc) is 2.66. The highest BCUT2D eigenvalue weighted by Crippen LogP contribution is 2.06. The van der Waals surface area contributed by atoms with Crippen LogP contribution in [0.2, 0.25) is 0 Å². The summed E-state index contributed by atoms with van der Waals surface area (Å²) in [6.45, 7) is 5.63. The molecule has 0 aliphatic carbocycles. The summed E-state index contributed by atoms with van der Waals surface area (Å²) in [5.74, 6) is -1.21. The summed E-state index contributed by atoms with van der Waals surface area (Å²) in [5.41, 5.74) is 0.888. The number of carbonyl (C=O) groups excluding carboxylic acids is 1. The molecule has 1 amide bonds. The average molecular weight is 300 g/mol. The fourth-order valence-corrected chi connectivity index (χ4v) is 2.67. The molecule has 20 heavy (non-hydrogen) atoms. The smallest absolute Gasteiger partial charge is 0.323 e. The molecule has 0 fully saturated rings. The van der Waals surface area contributed by atoms with Gasteiger partial charge in [-0.05, 0) is 27.2 Å². The molecule has 0 saturated carbocycles. The molecule has 1 aromatic rings. The van der Waals surface area contributed by atoms with Crippen molar-refractivity contribution in [2.45, 2.75) is 46.2 Å². The third kappa shape index (κ3) is 4.48. The second kappa shape index (κ2) is 7.23. The first-order chi connectivity index (χ1) is 9.32. The number of aromatic nitrogens is 1.